The highest BCUT2D eigenvalue weighted by atomic mass is 79.9. The molecule has 0 saturated carbocycles. The molecule has 2 rings (SSSR count). The zero-order valence-corrected chi connectivity index (χ0v) is 13.3. The van der Waals surface area contributed by atoms with E-state index in [-0.39, 0.29) is 5.82 Å². The van der Waals surface area contributed by atoms with Gasteiger partial charge in [0.2, 0.25) is 0 Å². The van der Waals surface area contributed by atoms with Crippen molar-refractivity contribution in [2.45, 2.75) is 13.5 Å². The van der Waals surface area contributed by atoms with E-state index in [4.69, 9.17) is 16.3 Å². The normalized spacial score (nSPS) is 10.6. The zero-order valence-electron chi connectivity index (χ0n) is 10.9. The van der Waals surface area contributed by atoms with Crippen LogP contribution in [0.2, 0.25) is 5.02 Å². The number of ether oxygens (including phenoxy) is 1. The lowest BCUT2D eigenvalue weighted by Crippen LogP contribution is -2.12. The third-order valence-corrected chi connectivity index (χ3v) is 3.59. The van der Waals surface area contributed by atoms with E-state index in [0.29, 0.717) is 27.5 Å². The van der Waals surface area contributed by atoms with Crippen LogP contribution in [0.15, 0.2) is 40.9 Å². The Balaban J connectivity index is 2.25. The van der Waals surface area contributed by atoms with Crippen molar-refractivity contribution in [2.75, 3.05) is 6.54 Å². The molecule has 20 heavy (non-hydrogen) atoms. The van der Waals surface area contributed by atoms with Gasteiger partial charge in [-0.15, -0.1) is 0 Å². The summed E-state index contributed by atoms with van der Waals surface area (Å²) in [7, 11) is 0. The fourth-order valence-corrected chi connectivity index (χ4v) is 2.15. The summed E-state index contributed by atoms with van der Waals surface area (Å²) in [5.41, 5.74) is 0.933. The van der Waals surface area contributed by atoms with Gasteiger partial charge in [-0.2, -0.15) is 0 Å². The van der Waals surface area contributed by atoms with E-state index < -0.39 is 0 Å². The largest absolute Gasteiger partial charge is 0.457 e. The molecule has 0 aliphatic rings. The molecule has 0 radical (unpaired) electrons. The fourth-order valence-electron chi connectivity index (χ4n) is 1.71. The Hall–Kier alpha value is -1.10. The minimum absolute atomic E-state index is 0.357. The van der Waals surface area contributed by atoms with Gasteiger partial charge in [0.05, 0.1) is 4.47 Å². The average molecular weight is 359 g/mol. The maximum Gasteiger partial charge on any atom is 0.141 e. The lowest BCUT2D eigenvalue weighted by molar-refractivity contribution is 0.467. The summed E-state index contributed by atoms with van der Waals surface area (Å²) in [6, 6.07) is 10.0. The van der Waals surface area contributed by atoms with Crippen molar-refractivity contribution in [3.8, 4) is 11.5 Å². The number of hydrogen-bond acceptors (Lipinski definition) is 2. The van der Waals surface area contributed by atoms with Gasteiger partial charge in [0, 0.05) is 23.2 Å². The van der Waals surface area contributed by atoms with Crippen LogP contribution in [-0.2, 0) is 6.54 Å². The molecular formula is C15H14BrClFNO. The summed E-state index contributed by atoms with van der Waals surface area (Å²) in [5, 5.41) is 3.86. The Bertz CT molecular complexity index is 606. The first-order valence-corrected chi connectivity index (χ1v) is 7.39. The first-order chi connectivity index (χ1) is 9.60. The van der Waals surface area contributed by atoms with Crippen LogP contribution in [0.4, 0.5) is 4.39 Å². The number of nitrogens with one attached hydrogen (secondary N) is 1. The van der Waals surface area contributed by atoms with Crippen LogP contribution in [0.5, 0.6) is 11.5 Å². The van der Waals surface area contributed by atoms with Crippen molar-refractivity contribution in [1.29, 1.82) is 0 Å². The standard InChI is InChI=1S/C15H14BrClFNO/c1-2-19-9-10-7-11(17)3-6-15(10)20-12-4-5-13(16)14(18)8-12/h3-8,19H,2,9H2,1H3. The first kappa shape index (κ1) is 15.3. The molecule has 0 heterocycles. The monoisotopic (exact) mass is 357 g/mol. The van der Waals surface area contributed by atoms with Crippen molar-refractivity contribution in [2.24, 2.45) is 0 Å². The molecule has 2 aromatic carbocycles. The van der Waals surface area contributed by atoms with Gasteiger partial charge in [-0.1, -0.05) is 18.5 Å². The highest BCUT2D eigenvalue weighted by molar-refractivity contribution is 9.10. The molecule has 2 nitrogen and oxygen atoms in total. The van der Waals surface area contributed by atoms with Gasteiger partial charge in [0.15, 0.2) is 0 Å². The van der Waals surface area contributed by atoms with Gasteiger partial charge in [0.1, 0.15) is 17.3 Å². The van der Waals surface area contributed by atoms with Crippen LogP contribution in [0.3, 0.4) is 0 Å². The third kappa shape index (κ3) is 3.95. The van der Waals surface area contributed by atoms with Crippen LogP contribution >= 0.6 is 27.5 Å². The summed E-state index contributed by atoms with van der Waals surface area (Å²) in [4.78, 5) is 0. The van der Waals surface area contributed by atoms with E-state index in [1.165, 1.54) is 6.07 Å². The minimum atomic E-state index is -0.357. The number of benzene rings is 2. The van der Waals surface area contributed by atoms with Crippen LogP contribution in [0.1, 0.15) is 12.5 Å². The van der Waals surface area contributed by atoms with Gasteiger partial charge in [-0.05, 0) is 52.8 Å². The van der Waals surface area contributed by atoms with Crippen molar-refractivity contribution >= 4 is 27.5 Å². The maximum absolute atomic E-state index is 13.5. The number of rotatable bonds is 5. The van der Waals surface area contributed by atoms with Crippen molar-refractivity contribution in [3.05, 3.63) is 57.3 Å². The molecule has 106 valence electrons. The predicted octanol–water partition coefficient (Wildman–Crippen LogP) is 5.14. The summed E-state index contributed by atoms with van der Waals surface area (Å²) < 4.78 is 19.6. The molecule has 0 atom stereocenters. The average Bonchev–Trinajstić information content (AvgIpc) is 2.43. The Labute approximate surface area is 131 Å². The van der Waals surface area contributed by atoms with E-state index in [2.05, 4.69) is 21.2 Å². The molecule has 0 bridgehead atoms. The maximum atomic E-state index is 13.5. The lowest BCUT2D eigenvalue weighted by atomic mass is 10.2. The van der Waals surface area contributed by atoms with Gasteiger partial charge < -0.3 is 10.1 Å². The molecule has 0 unspecified atom stereocenters. The lowest BCUT2D eigenvalue weighted by Gasteiger charge is -2.12. The molecule has 1 N–H and O–H groups in total. The van der Waals surface area contributed by atoms with E-state index in [1.807, 2.05) is 13.0 Å². The van der Waals surface area contributed by atoms with Gasteiger partial charge in [0.25, 0.3) is 0 Å². The third-order valence-electron chi connectivity index (χ3n) is 2.71. The van der Waals surface area contributed by atoms with Crippen LogP contribution in [0, 0.1) is 5.82 Å². The Morgan fingerprint density at radius 2 is 2.05 bits per heavy atom. The molecule has 5 heteroatoms. The SMILES string of the molecule is CCNCc1cc(Cl)ccc1Oc1ccc(Br)c(F)c1. The fraction of sp³-hybridized carbons (Fsp3) is 0.200. The van der Waals surface area contributed by atoms with Crippen LogP contribution < -0.4 is 10.1 Å². The Morgan fingerprint density at radius 1 is 1.25 bits per heavy atom. The van der Waals surface area contributed by atoms with Gasteiger partial charge in [-0.25, -0.2) is 4.39 Å². The van der Waals surface area contributed by atoms with E-state index in [9.17, 15) is 4.39 Å². The number of hydrogen-bond donors (Lipinski definition) is 1. The van der Waals surface area contributed by atoms with Crippen molar-refractivity contribution in [1.82, 2.24) is 5.32 Å². The predicted molar refractivity (Wildman–Crippen MR) is 83.0 cm³/mol. The summed E-state index contributed by atoms with van der Waals surface area (Å²) in [6.07, 6.45) is 0. The Morgan fingerprint density at radius 3 is 2.75 bits per heavy atom. The quantitative estimate of drug-likeness (QED) is 0.798. The van der Waals surface area contributed by atoms with E-state index in [0.717, 1.165) is 12.1 Å². The van der Waals surface area contributed by atoms with Gasteiger partial charge in [-0.3, -0.25) is 0 Å². The highest BCUT2D eigenvalue weighted by Crippen LogP contribution is 2.29. The molecule has 0 fully saturated rings. The van der Waals surface area contributed by atoms with Crippen LogP contribution in [0.25, 0.3) is 0 Å². The highest BCUT2D eigenvalue weighted by Gasteiger charge is 2.08. The Kier molecular flexibility index (Phi) is 5.40. The second-order valence-corrected chi connectivity index (χ2v) is 5.50. The summed E-state index contributed by atoms with van der Waals surface area (Å²) in [5.74, 6) is 0.757. The molecule has 0 amide bonds. The number of halogens is 3. The smallest absolute Gasteiger partial charge is 0.141 e. The molecule has 0 saturated heterocycles. The molecule has 0 aliphatic carbocycles. The second-order valence-electron chi connectivity index (χ2n) is 4.21. The van der Waals surface area contributed by atoms with Crippen molar-refractivity contribution < 1.29 is 9.13 Å². The molecular weight excluding hydrogens is 345 g/mol. The van der Waals surface area contributed by atoms with Crippen LogP contribution in [-0.4, -0.2) is 6.54 Å². The zero-order chi connectivity index (χ0) is 14.5. The topological polar surface area (TPSA) is 21.3 Å². The molecule has 2 aromatic rings. The minimum Gasteiger partial charge on any atom is -0.457 e. The second kappa shape index (κ2) is 7.07. The molecule has 0 aromatic heterocycles. The van der Waals surface area contributed by atoms with E-state index in [1.54, 1.807) is 24.3 Å². The van der Waals surface area contributed by atoms with Crippen molar-refractivity contribution in [3.63, 3.8) is 0 Å². The molecule has 0 aliphatic heterocycles. The van der Waals surface area contributed by atoms with Gasteiger partial charge >= 0.3 is 0 Å². The first-order valence-electron chi connectivity index (χ1n) is 6.22. The van der Waals surface area contributed by atoms with E-state index >= 15 is 0 Å². The molecule has 0 spiro atoms. The summed E-state index contributed by atoms with van der Waals surface area (Å²) >= 11 is 9.11. The summed E-state index contributed by atoms with van der Waals surface area (Å²) in [6.45, 7) is 3.51.